The van der Waals surface area contributed by atoms with E-state index in [9.17, 15) is 8.42 Å². The van der Waals surface area contributed by atoms with Gasteiger partial charge in [0.1, 0.15) is 10.6 Å². The maximum Gasteiger partial charge on any atom is 0.159 e. The van der Waals surface area contributed by atoms with Crippen molar-refractivity contribution in [1.82, 2.24) is 14.8 Å². The van der Waals surface area contributed by atoms with E-state index in [4.69, 9.17) is 5.73 Å². The maximum absolute atomic E-state index is 11.9. The largest absolute Gasteiger partial charge is 0.324 e. The molecule has 104 valence electrons. The number of nitrogens with two attached hydrogens (primary N) is 1. The Morgan fingerprint density at radius 2 is 1.67 bits per heavy atom. The van der Waals surface area contributed by atoms with Crippen LogP contribution in [-0.2, 0) is 26.7 Å². The van der Waals surface area contributed by atoms with Crippen molar-refractivity contribution < 1.29 is 8.42 Å². The van der Waals surface area contributed by atoms with Crippen molar-refractivity contribution >= 4 is 9.84 Å². The van der Waals surface area contributed by atoms with Gasteiger partial charge < -0.3 is 10.3 Å². The molecule has 1 heterocycles. The molecule has 0 spiro atoms. The molecule has 0 fully saturated rings. The first kappa shape index (κ1) is 15.1. The van der Waals surface area contributed by atoms with Crippen LogP contribution < -0.4 is 5.73 Å². The van der Waals surface area contributed by atoms with Gasteiger partial charge in [-0.3, -0.25) is 0 Å². The minimum atomic E-state index is -3.30. The highest BCUT2D eigenvalue weighted by atomic mass is 32.2. The average Bonchev–Trinajstić information content (AvgIpc) is 2.58. The number of hydrogen-bond acceptors (Lipinski definition) is 5. The maximum atomic E-state index is 11.9. The Morgan fingerprint density at radius 3 is 2.00 bits per heavy atom. The minimum absolute atomic E-state index is 0.226. The van der Waals surface area contributed by atoms with Crippen molar-refractivity contribution in [2.24, 2.45) is 5.73 Å². The van der Waals surface area contributed by atoms with Gasteiger partial charge in [0.2, 0.25) is 0 Å². The second kappa shape index (κ2) is 4.31. The quantitative estimate of drug-likeness (QED) is 0.879. The standard InChI is InChI=1S/C11H22N4O2S/c1-10(2,3)15-8(7-12)13-14-9(15)11(4,5)18(6,16)17/h7,12H2,1-6H3. The molecule has 0 atom stereocenters. The molecule has 0 amide bonds. The Morgan fingerprint density at radius 1 is 1.17 bits per heavy atom. The lowest BCUT2D eigenvalue weighted by Gasteiger charge is -2.30. The van der Waals surface area contributed by atoms with E-state index in [1.807, 2.05) is 25.3 Å². The van der Waals surface area contributed by atoms with Gasteiger partial charge in [0.25, 0.3) is 0 Å². The van der Waals surface area contributed by atoms with Crippen LogP contribution in [0.1, 0.15) is 46.3 Å². The molecule has 1 rings (SSSR count). The summed E-state index contributed by atoms with van der Waals surface area (Å²) in [4.78, 5) is 0. The third-order valence-electron chi connectivity index (χ3n) is 3.05. The van der Waals surface area contributed by atoms with E-state index in [0.29, 0.717) is 11.6 Å². The molecule has 0 aliphatic rings. The topological polar surface area (TPSA) is 90.9 Å². The van der Waals surface area contributed by atoms with Gasteiger partial charge in [-0.05, 0) is 34.6 Å². The van der Waals surface area contributed by atoms with Gasteiger partial charge in [-0.25, -0.2) is 8.42 Å². The lowest BCUT2D eigenvalue weighted by molar-refractivity contribution is 0.357. The van der Waals surface area contributed by atoms with Crippen molar-refractivity contribution in [3.8, 4) is 0 Å². The molecule has 0 bridgehead atoms. The van der Waals surface area contributed by atoms with Gasteiger partial charge in [-0.2, -0.15) is 0 Å². The third-order valence-corrected chi connectivity index (χ3v) is 5.09. The summed E-state index contributed by atoms with van der Waals surface area (Å²) in [6, 6.07) is 0. The zero-order chi connectivity index (χ0) is 14.4. The Kier molecular flexibility index (Phi) is 3.62. The van der Waals surface area contributed by atoms with E-state index in [-0.39, 0.29) is 12.1 Å². The fraction of sp³-hybridized carbons (Fsp3) is 0.818. The molecule has 1 aromatic heterocycles. The zero-order valence-electron chi connectivity index (χ0n) is 11.9. The van der Waals surface area contributed by atoms with Gasteiger partial charge in [0, 0.05) is 11.8 Å². The van der Waals surface area contributed by atoms with Gasteiger partial charge in [0.05, 0.1) is 6.54 Å². The molecule has 0 saturated carbocycles. The van der Waals surface area contributed by atoms with E-state index < -0.39 is 14.6 Å². The van der Waals surface area contributed by atoms with Crippen LogP contribution in [0, 0.1) is 0 Å². The van der Waals surface area contributed by atoms with Crippen molar-refractivity contribution in [3.63, 3.8) is 0 Å². The highest BCUT2D eigenvalue weighted by molar-refractivity contribution is 7.91. The molecule has 0 unspecified atom stereocenters. The highest BCUT2D eigenvalue weighted by Gasteiger charge is 2.40. The number of nitrogens with zero attached hydrogens (tertiary/aromatic N) is 3. The van der Waals surface area contributed by atoms with Gasteiger partial charge >= 0.3 is 0 Å². The Hall–Kier alpha value is -0.950. The molecule has 18 heavy (non-hydrogen) atoms. The smallest absolute Gasteiger partial charge is 0.159 e. The number of hydrogen-bond donors (Lipinski definition) is 1. The predicted octanol–water partition coefficient (Wildman–Crippen LogP) is 0.772. The number of sulfone groups is 1. The zero-order valence-corrected chi connectivity index (χ0v) is 12.7. The van der Waals surface area contributed by atoms with Crippen LogP contribution in [0.3, 0.4) is 0 Å². The summed E-state index contributed by atoms with van der Waals surface area (Å²) in [5, 5.41) is 8.05. The summed E-state index contributed by atoms with van der Waals surface area (Å²) in [5.41, 5.74) is 5.32. The summed E-state index contributed by atoms with van der Waals surface area (Å²) in [6.07, 6.45) is 1.21. The summed E-state index contributed by atoms with van der Waals surface area (Å²) >= 11 is 0. The first-order valence-electron chi connectivity index (χ1n) is 5.78. The normalized spacial score (nSPS) is 13.9. The third kappa shape index (κ3) is 2.42. The second-order valence-corrected chi connectivity index (χ2v) is 8.50. The Labute approximate surface area is 109 Å². The summed E-state index contributed by atoms with van der Waals surface area (Å²) in [7, 11) is -3.30. The lowest BCUT2D eigenvalue weighted by atomic mass is 10.1. The molecule has 0 aliphatic heterocycles. The Balaban J connectivity index is 3.59. The van der Waals surface area contributed by atoms with Crippen LogP contribution in [-0.4, -0.2) is 29.4 Å². The SMILES string of the molecule is CC(C)(C)n1c(CN)nnc1C(C)(C)S(C)(=O)=O. The van der Waals surface area contributed by atoms with Crippen LogP contribution in [0.25, 0.3) is 0 Å². The monoisotopic (exact) mass is 274 g/mol. The van der Waals surface area contributed by atoms with Gasteiger partial charge in [-0.15, -0.1) is 10.2 Å². The predicted molar refractivity (Wildman–Crippen MR) is 70.8 cm³/mol. The second-order valence-electron chi connectivity index (χ2n) is 5.93. The molecule has 1 aromatic rings. The molecule has 7 heteroatoms. The summed E-state index contributed by atoms with van der Waals surface area (Å²) in [5.74, 6) is 1.02. The van der Waals surface area contributed by atoms with Crippen LogP contribution in [0.5, 0.6) is 0 Å². The molecule has 0 radical (unpaired) electrons. The first-order chi connectivity index (χ1) is 7.93. The van der Waals surface area contributed by atoms with E-state index in [2.05, 4.69) is 10.2 Å². The molecule has 0 aliphatic carbocycles. The van der Waals surface area contributed by atoms with E-state index in [0.717, 1.165) is 0 Å². The van der Waals surface area contributed by atoms with Crippen LogP contribution in [0.15, 0.2) is 0 Å². The minimum Gasteiger partial charge on any atom is -0.324 e. The van der Waals surface area contributed by atoms with Crippen molar-refractivity contribution in [1.29, 1.82) is 0 Å². The molecular weight excluding hydrogens is 252 g/mol. The van der Waals surface area contributed by atoms with Crippen LogP contribution in [0.4, 0.5) is 0 Å². The number of rotatable bonds is 3. The van der Waals surface area contributed by atoms with Gasteiger partial charge in [0.15, 0.2) is 15.7 Å². The average molecular weight is 274 g/mol. The first-order valence-corrected chi connectivity index (χ1v) is 7.67. The van der Waals surface area contributed by atoms with Crippen LogP contribution in [0.2, 0.25) is 0 Å². The van der Waals surface area contributed by atoms with E-state index in [1.54, 1.807) is 13.8 Å². The molecule has 6 nitrogen and oxygen atoms in total. The highest BCUT2D eigenvalue weighted by Crippen LogP contribution is 2.31. The van der Waals surface area contributed by atoms with E-state index >= 15 is 0 Å². The van der Waals surface area contributed by atoms with Crippen LogP contribution >= 0.6 is 0 Å². The summed E-state index contributed by atoms with van der Waals surface area (Å²) < 4.78 is 24.6. The van der Waals surface area contributed by atoms with E-state index in [1.165, 1.54) is 6.26 Å². The molecule has 0 saturated heterocycles. The summed E-state index contributed by atoms with van der Waals surface area (Å²) in [6.45, 7) is 9.40. The fourth-order valence-corrected chi connectivity index (χ4v) is 2.17. The number of aromatic nitrogens is 3. The fourth-order valence-electron chi connectivity index (χ4n) is 1.71. The van der Waals surface area contributed by atoms with Gasteiger partial charge in [-0.1, -0.05) is 0 Å². The van der Waals surface area contributed by atoms with Crippen molar-refractivity contribution in [2.45, 2.75) is 51.4 Å². The lowest BCUT2D eigenvalue weighted by Crippen LogP contribution is -2.37. The molecule has 2 N–H and O–H groups in total. The van der Waals surface area contributed by atoms with Crippen molar-refractivity contribution in [3.05, 3.63) is 11.6 Å². The van der Waals surface area contributed by atoms with Crippen molar-refractivity contribution in [2.75, 3.05) is 6.26 Å². The molecule has 0 aromatic carbocycles. The Bertz CT molecular complexity index is 538. The molecular formula is C11H22N4O2S.